The zero-order valence-corrected chi connectivity index (χ0v) is 25.0. The van der Waals surface area contributed by atoms with Crippen LogP contribution in [0.5, 0.6) is 5.75 Å². The number of nitrogens with zero attached hydrogens (tertiary/aromatic N) is 3. The van der Waals surface area contributed by atoms with Crippen LogP contribution in [0.4, 0.5) is 5.13 Å². The highest BCUT2D eigenvalue weighted by Gasteiger charge is 2.19. The van der Waals surface area contributed by atoms with E-state index in [1.54, 1.807) is 11.3 Å². The maximum absolute atomic E-state index is 11.9. The molecule has 0 spiro atoms. The van der Waals surface area contributed by atoms with Gasteiger partial charge in [0.05, 0.1) is 19.2 Å². The maximum atomic E-state index is 11.9. The van der Waals surface area contributed by atoms with Crippen LogP contribution in [0.1, 0.15) is 41.7 Å². The Morgan fingerprint density at radius 1 is 0.929 bits per heavy atom. The molecule has 0 N–H and O–H groups in total. The van der Waals surface area contributed by atoms with Crippen molar-refractivity contribution in [3.05, 3.63) is 107 Å². The number of aryl methyl sites for hydroxylation is 2. The van der Waals surface area contributed by atoms with E-state index in [0.29, 0.717) is 25.3 Å². The number of hydrogen-bond acceptors (Lipinski definition) is 8. The molecule has 5 aromatic rings. The lowest BCUT2D eigenvalue weighted by molar-refractivity contribution is -0.140. The largest absolute Gasteiger partial charge is 0.487 e. The maximum Gasteiger partial charge on any atom is 0.305 e. The minimum atomic E-state index is -0.216. The van der Waals surface area contributed by atoms with Crippen molar-refractivity contribution in [3.63, 3.8) is 0 Å². The molecule has 2 heterocycles. The van der Waals surface area contributed by atoms with Gasteiger partial charge in [0.25, 0.3) is 0 Å². The molecule has 0 amide bonds. The highest BCUT2D eigenvalue weighted by Crippen LogP contribution is 2.35. The van der Waals surface area contributed by atoms with Crippen LogP contribution in [-0.4, -0.2) is 29.6 Å². The molecule has 3 aromatic carbocycles. The minimum Gasteiger partial charge on any atom is -0.487 e. The summed E-state index contributed by atoms with van der Waals surface area (Å²) < 4.78 is 16.8. The third-order valence-corrected chi connectivity index (χ3v) is 8.04. The smallest absolute Gasteiger partial charge is 0.305 e. The summed E-state index contributed by atoms with van der Waals surface area (Å²) >= 11 is 1.65. The van der Waals surface area contributed by atoms with Crippen molar-refractivity contribution in [3.8, 4) is 28.5 Å². The standard InChI is InChI=1S/C34H35N3O4S/c1-4-21-37(34-36-32(26-11-7-5-8-12-26)30(42-34)19-20-31(38)39-3)22-25-15-17-28(18-16-25)40-23-29-24(2)41-33(35-29)27-13-9-6-10-14-27/h5-18H,4,19-23H2,1-3H3. The molecule has 216 valence electrons. The van der Waals surface area contributed by atoms with Gasteiger partial charge < -0.3 is 18.8 Å². The first-order chi connectivity index (χ1) is 20.5. The van der Waals surface area contributed by atoms with Gasteiger partial charge in [-0.2, -0.15) is 0 Å². The molecular weight excluding hydrogens is 546 g/mol. The summed E-state index contributed by atoms with van der Waals surface area (Å²) in [5.74, 6) is 1.91. The van der Waals surface area contributed by atoms with Crippen LogP contribution < -0.4 is 9.64 Å². The number of hydrogen-bond donors (Lipinski definition) is 0. The Kier molecular flexibility index (Phi) is 9.66. The first-order valence-corrected chi connectivity index (χ1v) is 15.0. The molecule has 7 nitrogen and oxygen atoms in total. The fourth-order valence-electron chi connectivity index (χ4n) is 4.62. The van der Waals surface area contributed by atoms with Gasteiger partial charge in [0.2, 0.25) is 5.89 Å². The van der Waals surface area contributed by atoms with Gasteiger partial charge in [-0.05, 0) is 49.6 Å². The predicted molar refractivity (Wildman–Crippen MR) is 167 cm³/mol. The SMILES string of the molecule is CCCN(Cc1ccc(OCc2nc(-c3ccccc3)oc2C)cc1)c1nc(-c2ccccc2)c(CCC(=O)OC)s1. The second kappa shape index (κ2) is 14.0. The highest BCUT2D eigenvalue weighted by molar-refractivity contribution is 7.16. The van der Waals surface area contributed by atoms with Gasteiger partial charge in [-0.3, -0.25) is 4.79 Å². The van der Waals surface area contributed by atoms with Gasteiger partial charge in [-0.15, -0.1) is 11.3 Å². The highest BCUT2D eigenvalue weighted by atomic mass is 32.1. The Morgan fingerprint density at radius 2 is 1.62 bits per heavy atom. The molecule has 42 heavy (non-hydrogen) atoms. The quantitative estimate of drug-likeness (QED) is 0.131. The first-order valence-electron chi connectivity index (χ1n) is 14.1. The molecular formula is C34H35N3O4S. The average molecular weight is 582 g/mol. The van der Waals surface area contributed by atoms with Gasteiger partial charge in [-0.1, -0.05) is 67.6 Å². The van der Waals surface area contributed by atoms with E-state index in [4.69, 9.17) is 18.9 Å². The van der Waals surface area contributed by atoms with Crippen LogP contribution in [0.2, 0.25) is 0 Å². The van der Waals surface area contributed by atoms with Crippen LogP contribution in [0.25, 0.3) is 22.7 Å². The van der Waals surface area contributed by atoms with E-state index in [-0.39, 0.29) is 5.97 Å². The minimum absolute atomic E-state index is 0.216. The lowest BCUT2D eigenvalue weighted by Gasteiger charge is -2.21. The number of aromatic nitrogens is 2. The van der Waals surface area contributed by atoms with Gasteiger partial charge >= 0.3 is 5.97 Å². The van der Waals surface area contributed by atoms with Crippen LogP contribution in [0.15, 0.2) is 89.3 Å². The van der Waals surface area contributed by atoms with Crippen LogP contribution in [0, 0.1) is 6.92 Å². The molecule has 0 saturated carbocycles. The van der Waals surface area contributed by atoms with Crippen molar-refractivity contribution in [2.45, 2.75) is 46.3 Å². The average Bonchev–Trinajstić information content (AvgIpc) is 3.63. The number of esters is 1. The normalized spacial score (nSPS) is 10.9. The molecule has 8 heteroatoms. The summed E-state index contributed by atoms with van der Waals surface area (Å²) in [6.07, 6.45) is 1.91. The van der Waals surface area contributed by atoms with Crippen molar-refractivity contribution >= 4 is 22.4 Å². The molecule has 0 unspecified atom stereocenters. The van der Waals surface area contributed by atoms with E-state index in [9.17, 15) is 4.79 Å². The molecule has 0 radical (unpaired) electrons. The molecule has 0 aliphatic carbocycles. The monoisotopic (exact) mass is 581 g/mol. The fraction of sp³-hybridized carbons (Fsp3) is 0.265. The zero-order chi connectivity index (χ0) is 29.3. The van der Waals surface area contributed by atoms with E-state index in [1.165, 1.54) is 7.11 Å². The number of ether oxygens (including phenoxy) is 2. The number of carbonyl (C=O) groups is 1. The van der Waals surface area contributed by atoms with Crippen LogP contribution in [0.3, 0.4) is 0 Å². The van der Waals surface area contributed by atoms with Crippen molar-refractivity contribution in [2.75, 3.05) is 18.6 Å². The first kappa shape index (κ1) is 29.1. The van der Waals surface area contributed by atoms with E-state index in [0.717, 1.165) is 69.1 Å². The Hall–Kier alpha value is -4.43. The molecule has 0 aliphatic rings. The van der Waals surface area contributed by atoms with Gasteiger partial charge in [0.15, 0.2) is 5.13 Å². The number of rotatable bonds is 13. The van der Waals surface area contributed by atoms with Crippen molar-refractivity contribution in [1.82, 2.24) is 9.97 Å². The lowest BCUT2D eigenvalue weighted by Crippen LogP contribution is -2.23. The third kappa shape index (κ3) is 7.25. The van der Waals surface area contributed by atoms with Crippen molar-refractivity contribution in [1.29, 1.82) is 0 Å². The van der Waals surface area contributed by atoms with Crippen LogP contribution >= 0.6 is 11.3 Å². The molecule has 0 bridgehead atoms. The Balaban J connectivity index is 1.28. The molecule has 0 atom stereocenters. The van der Waals surface area contributed by atoms with E-state index in [2.05, 4.69) is 41.1 Å². The second-order valence-electron chi connectivity index (χ2n) is 9.95. The molecule has 0 fully saturated rings. The van der Waals surface area contributed by atoms with E-state index in [1.807, 2.05) is 67.6 Å². The topological polar surface area (TPSA) is 77.7 Å². The number of methoxy groups -OCH3 is 1. The summed E-state index contributed by atoms with van der Waals surface area (Å²) in [4.78, 5) is 25.0. The molecule has 2 aromatic heterocycles. The van der Waals surface area contributed by atoms with Gasteiger partial charge in [-0.25, -0.2) is 9.97 Å². The summed E-state index contributed by atoms with van der Waals surface area (Å²) in [5.41, 5.74) is 4.87. The van der Waals surface area contributed by atoms with Crippen molar-refractivity contribution in [2.24, 2.45) is 0 Å². The predicted octanol–water partition coefficient (Wildman–Crippen LogP) is 7.87. The van der Waals surface area contributed by atoms with E-state index >= 15 is 0 Å². The summed E-state index contributed by atoms with van der Waals surface area (Å²) in [6.45, 7) is 6.00. The number of carbonyl (C=O) groups excluding carboxylic acids is 1. The van der Waals surface area contributed by atoms with Gasteiger partial charge in [0, 0.05) is 29.1 Å². The Labute approximate surface area is 250 Å². The second-order valence-corrected chi connectivity index (χ2v) is 11.0. The Morgan fingerprint density at radius 3 is 2.29 bits per heavy atom. The molecule has 5 rings (SSSR count). The number of benzene rings is 3. The Bertz CT molecular complexity index is 1580. The lowest BCUT2D eigenvalue weighted by atomic mass is 10.1. The van der Waals surface area contributed by atoms with E-state index < -0.39 is 0 Å². The molecule has 0 saturated heterocycles. The summed E-state index contributed by atoms with van der Waals surface area (Å²) in [6, 6.07) is 28.2. The fourth-order valence-corrected chi connectivity index (χ4v) is 5.73. The third-order valence-electron chi connectivity index (χ3n) is 6.87. The van der Waals surface area contributed by atoms with Crippen LogP contribution in [-0.2, 0) is 29.1 Å². The zero-order valence-electron chi connectivity index (χ0n) is 24.2. The summed E-state index contributed by atoms with van der Waals surface area (Å²) in [5, 5.41) is 0.951. The summed E-state index contributed by atoms with van der Waals surface area (Å²) in [7, 11) is 1.43. The number of anilines is 1. The number of oxazole rings is 1. The van der Waals surface area contributed by atoms with Crippen molar-refractivity contribution < 1.29 is 18.7 Å². The van der Waals surface area contributed by atoms with Gasteiger partial charge in [0.1, 0.15) is 23.8 Å². The molecule has 0 aliphatic heterocycles. The number of thiazole rings is 1.